The molecule has 0 aliphatic rings. The molecule has 0 atom stereocenters. The van der Waals surface area contributed by atoms with Crippen molar-refractivity contribution in [3.05, 3.63) is 29.8 Å². The summed E-state index contributed by atoms with van der Waals surface area (Å²) in [6.45, 7) is 6.03. The molecule has 1 rings (SSSR count). The van der Waals surface area contributed by atoms with Crippen LogP contribution < -0.4 is 4.74 Å². The summed E-state index contributed by atoms with van der Waals surface area (Å²) in [5.74, 6) is 0.833. The minimum Gasteiger partial charge on any atom is -0.490 e. The van der Waals surface area contributed by atoms with Crippen molar-refractivity contribution in [1.82, 2.24) is 0 Å². The Bertz CT molecular complexity index is 228. The summed E-state index contributed by atoms with van der Waals surface area (Å²) in [5.41, 5.74) is 1.11. The predicted octanol–water partition coefficient (Wildman–Crippen LogP) is 2.58. The highest BCUT2D eigenvalue weighted by atomic mass is 16.5. The van der Waals surface area contributed by atoms with E-state index < -0.39 is 0 Å². The molecule has 59 valence electrons. The van der Waals surface area contributed by atoms with Crippen molar-refractivity contribution < 1.29 is 4.74 Å². The van der Waals surface area contributed by atoms with E-state index in [2.05, 4.69) is 6.07 Å². The lowest BCUT2D eigenvalue weighted by Crippen LogP contribution is -2.05. The molecular formula is C10H13O. The molecule has 1 aromatic carbocycles. The molecule has 0 bridgehead atoms. The molecule has 1 radical (unpaired) electrons. The first-order valence-corrected chi connectivity index (χ1v) is 3.84. The second-order valence-electron chi connectivity index (χ2n) is 2.86. The van der Waals surface area contributed by atoms with E-state index >= 15 is 0 Å². The third-order valence-electron chi connectivity index (χ3n) is 1.28. The van der Waals surface area contributed by atoms with Gasteiger partial charge in [-0.3, -0.25) is 0 Å². The monoisotopic (exact) mass is 149 g/mol. The van der Waals surface area contributed by atoms with Crippen LogP contribution in [0.4, 0.5) is 0 Å². The third kappa shape index (κ3) is 2.62. The summed E-state index contributed by atoms with van der Waals surface area (Å²) >= 11 is 0. The van der Waals surface area contributed by atoms with Crippen molar-refractivity contribution in [3.8, 4) is 5.75 Å². The van der Waals surface area contributed by atoms with Crippen molar-refractivity contribution >= 4 is 0 Å². The molecule has 0 spiro atoms. The number of rotatable bonds is 2. The molecule has 0 aromatic heterocycles. The maximum atomic E-state index is 5.44. The quantitative estimate of drug-likeness (QED) is 0.628. The van der Waals surface area contributed by atoms with E-state index in [-0.39, 0.29) is 6.10 Å². The van der Waals surface area contributed by atoms with Gasteiger partial charge in [0.2, 0.25) is 0 Å². The number of hydrogen-bond acceptors (Lipinski definition) is 1. The summed E-state index contributed by atoms with van der Waals surface area (Å²) in [6, 6.07) is 9.02. The molecule has 1 nitrogen and oxygen atoms in total. The Kier molecular flexibility index (Phi) is 2.53. The molecule has 0 fully saturated rings. The highest BCUT2D eigenvalue weighted by Gasteiger charge is 1.96. The van der Waals surface area contributed by atoms with E-state index in [0.717, 1.165) is 11.3 Å². The lowest BCUT2D eigenvalue weighted by molar-refractivity contribution is 0.241. The van der Waals surface area contributed by atoms with E-state index in [1.165, 1.54) is 0 Å². The van der Waals surface area contributed by atoms with Gasteiger partial charge < -0.3 is 4.74 Å². The largest absolute Gasteiger partial charge is 0.490 e. The minimum absolute atomic E-state index is 0.230. The van der Waals surface area contributed by atoms with Crippen LogP contribution in [0.5, 0.6) is 5.75 Å². The van der Waals surface area contributed by atoms with Crippen molar-refractivity contribution in [1.29, 1.82) is 0 Å². The van der Waals surface area contributed by atoms with Crippen LogP contribution in [0.2, 0.25) is 0 Å². The fourth-order valence-electron chi connectivity index (χ4n) is 0.880. The average molecular weight is 149 g/mol. The van der Waals surface area contributed by atoms with E-state index in [1.54, 1.807) is 0 Å². The first-order valence-electron chi connectivity index (χ1n) is 3.84. The lowest BCUT2D eigenvalue weighted by Gasteiger charge is -2.08. The topological polar surface area (TPSA) is 9.23 Å². The Morgan fingerprint density at radius 1 is 1.36 bits per heavy atom. The first kappa shape index (κ1) is 8.12. The average Bonchev–Trinajstić information content (AvgIpc) is 1.85. The van der Waals surface area contributed by atoms with Gasteiger partial charge >= 0.3 is 0 Å². The van der Waals surface area contributed by atoms with E-state index in [9.17, 15) is 0 Å². The molecule has 0 aliphatic carbocycles. The first-order chi connectivity index (χ1) is 5.18. The Morgan fingerprint density at radius 2 is 2.09 bits per heavy atom. The Labute approximate surface area is 68.0 Å². The van der Waals surface area contributed by atoms with Crippen LogP contribution in [-0.2, 0) is 0 Å². The second-order valence-corrected chi connectivity index (χ2v) is 2.86. The van der Waals surface area contributed by atoms with Crippen LogP contribution in [0.1, 0.15) is 19.4 Å². The van der Waals surface area contributed by atoms with Crippen molar-refractivity contribution in [2.45, 2.75) is 26.9 Å². The third-order valence-corrected chi connectivity index (χ3v) is 1.28. The summed E-state index contributed by atoms with van der Waals surface area (Å²) < 4.78 is 5.44. The highest BCUT2D eigenvalue weighted by Crippen LogP contribution is 2.12. The van der Waals surface area contributed by atoms with E-state index in [0.29, 0.717) is 0 Å². The van der Waals surface area contributed by atoms with E-state index in [1.807, 2.05) is 39.0 Å². The van der Waals surface area contributed by atoms with Gasteiger partial charge in [-0.2, -0.15) is 0 Å². The molecule has 0 unspecified atom stereocenters. The summed E-state index contributed by atoms with van der Waals surface area (Å²) in [4.78, 5) is 0. The normalized spacial score (nSPS) is 10.2. The van der Waals surface area contributed by atoms with Crippen LogP contribution in [-0.4, -0.2) is 6.10 Å². The van der Waals surface area contributed by atoms with Gasteiger partial charge in [-0.1, -0.05) is 12.1 Å². The number of aryl methyl sites for hydroxylation is 1. The maximum absolute atomic E-state index is 5.44. The summed E-state index contributed by atoms with van der Waals surface area (Å²) in [6.07, 6.45) is 0.230. The van der Waals surface area contributed by atoms with Gasteiger partial charge in [-0.25, -0.2) is 0 Å². The molecule has 0 saturated carbocycles. The van der Waals surface area contributed by atoms with Gasteiger partial charge in [-0.05, 0) is 32.4 Å². The molecule has 0 N–H and O–H groups in total. The number of benzene rings is 1. The van der Waals surface area contributed by atoms with Gasteiger partial charge in [0.05, 0.1) is 6.10 Å². The fourth-order valence-corrected chi connectivity index (χ4v) is 0.880. The van der Waals surface area contributed by atoms with Crippen molar-refractivity contribution in [3.63, 3.8) is 0 Å². The van der Waals surface area contributed by atoms with Gasteiger partial charge in [0.1, 0.15) is 5.75 Å². The maximum Gasteiger partial charge on any atom is 0.127 e. The number of ether oxygens (including phenoxy) is 1. The molecule has 0 aliphatic heterocycles. The van der Waals surface area contributed by atoms with Crippen molar-refractivity contribution in [2.24, 2.45) is 0 Å². The van der Waals surface area contributed by atoms with E-state index in [4.69, 9.17) is 4.74 Å². The second kappa shape index (κ2) is 3.42. The zero-order valence-electron chi connectivity index (χ0n) is 7.22. The Hall–Kier alpha value is -0.980. The van der Waals surface area contributed by atoms with Gasteiger partial charge in [0.15, 0.2) is 0 Å². The molecule has 11 heavy (non-hydrogen) atoms. The predicted molar refractivity (Wildman–Crippen MR) is 45.8 cm³/mol. The SMILES string of the molecule is Cc1[c]c(OC(C)C)ccc1. The molecule has 1 heteroatoms. The van der Waals surface area contributed by atoms with Crippen molar-refractivity contribution in [2.75, 3.05) is 0 Å². The summed E-state index contributed by atoms with van der Waals surface area (Å²) in [7, 11) is 0. The van der Waals surface area contributed by atoms with Gasteiger partial charge in [0, 0.05) is 6.07 Å². The minimum atomic E-state index is 0.230. The Balaban J connectivity index is 2.71. The van der Waals surface area contributed by atoms with Crippen LogP contribution in [0, 0.1) is 13.0 Å². The molecule has 0 saturated heterocycles. The summed E-state index contributed by atoms with van der Waals surface area (Å²) in [5, 5.41) is 0. The van der Waals surface area contributed by atoms with Crippen LogP contribution >= 0.6 is 0 Å². The highest BCUT2D eigenvalue weighted by molar-refractivity contribution is 5.25. The standard InChI is InChI=1S/C10H13O/c1-8(2)11-10-6-4-5-9(3)7-10/h4-6,8H,1-3H3. The molecule has 0 amide bonds. The molecule has 0 heterocycles. The van der Waals surface area contributed by atoms with Gasteiger partial charge in [-0.15, -0.1) is 0 Å². The molecular weight excluding hydrogens is 136 g/mol. The smallest absolute Gasteiger partial charge is 0.127 e. The Morgan fingerprint density at radius 3 is 2.64 bits per heavy atom. The molecule has 1 aromatic rings. The van der Waals surface area contributed by atoms with Crippen LogP contribution in [0.3, 0.4) is 0 Å². The fraction of sp³-hybridized carbons (Fsp3) is 0.400. The van der Waals surface area contributed by atoms with Crippen LogP contribution in [0.25, 0.3) is 0 Å². The zero-order chi connectivity index (χ0) is 8.27. The lowest BCUT2D eigenvalue weighted by atomic mass is 10.2. The number of hydrogen-bond donors (Lipinski definition) is 0. The van der Waals surface area contributed by atoms with Gasteiger partial charge in [0.25, 0.3) is 0 Å². The zero-order valence-corrected chi connectivity index (χ0v) is 7.22. The van der Waals surface area contributed by atoms with Crippen LogP contribution in [0.15, 0.2) is 18.2 Å².